The Kier molecular flexibility index (Phi) is 7.84. The summed E-state index contributed by atoms with van der Waals surface area (Å²) in [7, 11) is 1.66. The third-order valence-electron chi connectivity index (χ3n) is 4.94. The van der Waals surface area contributed by atoms with Gasteiger partial charge >= 0.3 is 0 Å². The lowest BCUT2D eigenvalue weighted by Gasteiger charge is -2.22. The number of aryl methyl sites for hydroxylation is 3. The quantitative estimate of drug-likeness (QED) is 0.675. The van der Waals surface area contributed by atoms with Crippen molar-refractivity contribution in [2.24, 2.45) is 0 Å². The Morgan fingerprint density at radius 3 is 2.79 bits per heavy atom. The van der Waals surface area contributed by atoms with Crippen molar-refractivity contribution >= 4 is 5.91 Å². The average molecular weight is 387 g/mol. The Bertz CT molecular complexity index is 741. The summed E-state index contributed by atoms with van der Waals surface area (Å²) in [4.78, 5) is 12.0. The minimum Gasteiger partial charge on any atom is -0.496 e. The van der Waals surface area contributed by atoms with Gasteiger partial charge in [-0.25, -0.2) is 0 Å². The van der Waals surface area contributed by atoms with Crippen LogP contribution in [0.3, 0.4) is 0 Å². The normalized spacial score (nSPS) is 16.7. The summed E-state index contributed by atoms with van der Waals surface area (Å²) < 4.78 is 16.7. The van der Waals surface area contributed by atoms with Gasteiger partial charge in [-0.3, -0.25) is 4.79 Å². The molecule has 3 rings (SSSR count). The first-order chi connectivity index (χ1) is 13.7. The number of amides is 1. The van der Waals surface area contributed by atoms with Gasteiger partial charge in [0.1, 0.15) is 5.75 Å². The highest BCUT2D eigenvalue weighted by Gasteiger charge is 2.14. The summed E-state index contributed by atoms with van der Waals surface area (Å²) in [6.45, 7) is 1.49. The van der Waals surface area contributed by atoms with E-state index < -0.39 is 0 Å². The first kappa shape index (κ1) is 20.3. The van der Waals surface area contributed by atoms with E-state index in [1.807, 2.05) is 24.3 Å². The van der Waals surface area contributed by atoms with E-state index in [-0.39, 0.29) is 12.0 Å². The fourth-order valence-corrected chi connectivity index (χ4v) is 3.36. The third-order valence-corrected chi connectivity index (χ3v) is 4.94. The van der Waals surface area contributed by atoms with Crippen LogP contribution in [0, 0.1) is 0 Å². The van der Waals surface area contributed by atoms with E-state index in [1.54, 1.807) is 7.11 Å². The minimum absolute atomic E-state index is 0.00424. The highest BCUT2D eigenvalue weighted by atomic mass is 16.5. The summed E-state index contributed by atoms with van der Waals surface area (Å²) in [5, 5.41) is 11.1. The van der Waals surface area contributed by atoms with E-state index in [2.05, 4.69) is 15.5 Å². The number of nitrogens with one attached hydrogen (secondary N) is 1. The summed E-state index contributed by atoms with van der Waals surface area (Å²) in [5.41, 5.74) is 1.10. The van der Waals surface area contributed by atoms with Crippen LogP contribution in [0.1, 0.15) is 49.4 Å². The number of rotatable bonds is 10. The first-order valence-corrected chi connectivity index (χ1v) is 10.1. The second kappa shape index (κ2) is 10.8. The molecule has 0 unspecified atom stereocenters. The zero-order valence-corrected chi connectivity index (χ0v) is 16.5. The van der Waals surface area contributed by atoms with Crippen LogP contribution in [0.5, 0.6) is 5.75 Å². The van der Waals surface area contributed by atoms with E-state index in [0.29, 0.717) is 37.6 Å². The molecule has 0 radical (unpaired) electrons. The number of aromatic nitrogens is 2. The van der Waals surface area contributed by atoms with Crippen LogP contribution < -0.4 is 10.1 Å². The molecule has 0 bridgehead atoms. The zero-order chi connectivity index (χ0) is 19.6. The number of benzene rings is 1. The molecular weight excluding hydrogens is 358 g/mol. The topological polar surface area (TPSA) is 86.5 Å². The van der Waals surface area contributed by atoms with E-state index >= 15 is 0 Å². The van der Waals surface area contributed by atoms with Gasteiger partial charge in [-0.1, -0.05) is 18.2 Å². The Morgan fingerprint density at radius 2 is 2.00 bits per heavy atom. The average Bonchev–Trinajstić information content (AvgIpc) is 3.19. The van der Waals surface area contributed by atoms with Crippen molar-refractivity contribution in [1.29, 1.82) is 0 Å². The second-order valence-corrected chi connectivity index (χ2v) is 7.03. The van der Waals surface area contributed by atoms with Gasteiger partial charge in [0.05, 0.1) is 13.2 Å². The molecule has 1 aromatic heterocycles. The second-order valence-electron chi connectivity index (χ2n) is 7.03. The summed E-state index contributed by atoms with van der Waals surface area (Å²) in [6, 6.07) is 7.89. The van der Waals surface area contributed by atoms with Gasteiger partial charge in [-0.05, 0) is 43.7 Å². The van der Waals surface area contributed by atoms with Crippen molar-refractivity contribution in [2.45, 2.75) is 57.5 Å². The molecule has 28 heavy (non-hydrogen) atoms. The molecule has 1 atom stereocenters. The van der Waals surface area contributed by atoms with Crippen molar-refractivity contribution in [2.75, 3.05) is 20.3 Å². The predicted molar refractivity (Wildman–Crippen MR) is 104 cm³/mol. The molecule has 1 amide bonds. The lowest BCUT2D eigenvalue weighted by atomic mass is 10.1. The molecule has 1 saturated heterocycles. The summed E-state index contributed by atoms with van der Waals surface area (Å²) in [6.07, 6.45) is 6.82. The number of nitrogens with zero attached hydrogens (tertiary/aromatic N) is 2. The van der Waals surface area contributed by atoms with E-state index in [1.165, 1.54) is 6.42 Å². The van der Waals surface area contributed by atoms with Crippen molar-refractivity contribution < 1.29 is 18.7 Å². The molecule has 1 aliphatic heterocycles. The molecule has 0 saturated carbocycles. The van der Waals surface area contributed by atoms with E-state index in [0.717, 1.165) is 43.6 Å². The van der Waals surface area contributed by atoms with Crippen LogP contribution in [0.15, 0.2) is 28.7 Å². The maximum absolute atomic E-state index is 12.0. The number of carbonyl (C=O) groups is 1. The minimum atomic E-state index is 0.00424. The van der Waals surface area contributed by atoms with Gasteiger partial charge in [0.25, 0.3) is 0 Å². The third kappa shape index (κ3) is 6.34. The van der Waals surface area contributed by atoms with Crippen molar-refractivity contribution in [1.82, 2.24) is 15.5 Å². The molecule has 152 valence electrons. The molecule has 0 aliphatic carbocycles. The van der Waals surface area contributed by atoms with Gasteiger partial charge in [-0.15, -0.1) is 10.2 Å². The lowest BCUT2D eigenvalue weighted by molar-refractivity contribution is -0.121. The molecule has 1 N–H and O–H groups in total. The maximum Gasteiger partial charge on any atom is 0.220 e. The van der Waals surface area contributed by atoms with Crippen LogP contribution in [-0.2, 0) is 28.8 Å². The van der Waals surface area contributed by atoms with Crippen LogP contribution in [0.2, 0.25) is 0 Å². The molecule has 7 nitrogen and oxygen atoms in total. The van der Waals surface area contributed by atoms with Gasteiger partial charge in [0, 0.05) is 32.4 Å². The number of ether oxygens (including phenoxy) is 2. The van der Waals surface area contributed by atoms with Crippen molar-refractivity contribution in [3.63, 3.8) is 0 Å². The predicted octanol–water partition coefficient (Wildman–Crippen LogP) is 2.87. The van der Waals surface area contributed by atoms with Crippen LogP contribution in [0.4, 0.5) is 0 Å². The molecule has 0 spiro atoms. The van der Waals surface area contributed by atoms with Gasteiger partial charge in [0.15, 0.2) is 0 Å². The smallest absolute Gasteiger partial charge is 0.220 e. The Balaban J connectivity index is 1.35. The molecular formula is C21H29N3O4. The fraction of sp³-hybridized carbons (Fsp3) is 0.571. The Labute approximate surface area is 165 Å². The van der Waals surface area contributed by atoms with Gasteiger partial charge < -0.3 is 19.2 Å². The standard InChI is InChI=1S/C21H29N3O4/c1-26-18-8-3-2-6-16(18)9-11-20-23-24-21(28-20)12-10-19(25)22-14-13-17-7-4-5-15-27-17/h2-3,6,8,17H,4-5,7,9-15H2,1H3,(H,22,25)/t17-/m0/s1. The lowest BCUT2D eigenvalue weighted by Crippen LogP contribution is -2.29. The number of hydrogen-bond donors (Lipinski definition) is 1. The monoisotopic (exact) mass is 387 g/mol. The van der Waals surface area contributed by atoms with E-state index in [4.69, 9.17) is 13.9 Å². The SMILES string of the molecule is COc1ccccc1CCc1nnc(CCC(=O)NCC[C@@H]2CCCCO2)o1. The molecule has 1 aliphatic rings. The Morgan fingerprint density at radius 1 is 1.18 bits per heavy atom. The Hall–Kier alpha value is -2.41. The highest BCUT2D eigenvalue weighted by Crippen LogP contribution is 2.19. The van der Waals surface area contributed by atoms with Crippen molar-refractivity contribution in [3.8, 4) is 5.75 Å². The molecule has 2 aromatic rings. The maximum atomic E-state index is 12.0. The number of para-hydroxylation sites is 1. The van der Waals surface area contributed by atoms with E-state index in [9.17, 15) is 4.79 Å². The molecule has 7 heteroatoms. The van der Waals surface area contributed by atoms with Crippen LogP contribution in [0.25, 0.3) is 0 Å². The number of hydrogen-bond acceptors (Lipinski definition) is 6. The van der Waals surface area contributed by atoms with Gasteiger partial charge in [0.2, 0.25) is 17.7 Å². The number of carbonyl (C=O) groups excluding carboxylic acids is 1. The summed E-state index contributed by atoms with van der Waals surface area (Å²) >= 11 is 0. The fourth-order valence-electron chi connectivity index (χ4n) is 3.36. The van der Waals surface area contributed by atoms with Crippen molar-refractivity contribution in [3.05, 3.63) is 41.6 Å². The number of methoxy groups -OCH3 is 1. The molecule has 2 heterocycles. The zero-order valence-electron chi connectivity index (χ0n) is 16.5. The molecule has 1 aromatic carbocycles. The first-order valence-electron chi connectivity index (χ1n) is 10.1. The van der Waals surface area contributed by atoms with Gasteiger partial charge in [-0.2, -0.15) is 0 Å². The summed E-state index contributed by atoms with van der Waals surface area (Å²) in [5.74, 6) is 1.94. The van der Waals surface area contributed by atoms with Crippen LogP contribution >= 0.6 is 0 Å². The largest absolute Gasteiger partial charge is 0.496 e. The van der Waals surface area contributed by atoms with Crippen LogP contribution in [-0.4, -0.2) is 42.5 Å². The molecule has 1 fully saturated rings. The highest BCUT2D eigenvalue weighted by molar-refractivity contribution is 5.75.